The molecular formula is C44H62ClN5O6S. The highest BCUT2D eigenvalue weighted by molar-refractivity contribution is 7.90. The Kier molecular flexibility index (Phi) is 13.0. The summed E-state index contributed by atoms with van der Waals surface area (Å²) >= 11 is 6.55. The Morgan fingerprint density at radius 2 is 1.84 bits per heavy atom. The van der Waals surface area contributed by atoms with Crippen LogP contribution in [0.4, 0.5) is 5.69 Å². The van der Waals surface area contributed by atoms with Gasteiger partial charge in [0.2, 0.25) is 15.9 Å². The molecule has 2 saturated heterocycles. The van der Waals surface area contributed by atoms with Gasteiger partial charge in [0.15, 0.2) is 0 Å². The van der Waals surface area contributed by atoms with E-state index in [0.717, 1.165) is 88.6 Å². The average molecular weight is 825 g/mol. The van der Waals surface area contributed by atoms with E-state index in [1.807, 2.05) is 37.1 Å². The Hall–Kier alpha value is -3.16. The molecule has 0 aromatic heterocycles. The molecule has 7 atom stereocenters. The third-order valence-corrected chi connectivity index (χ3v) is 15.9. The number of unbranched alkanes of at least 4 members (excludes halogenated alkanes) is 1. The van der Waals surface area contributed by atoms with Crippen molar-refractivity contribution in [2.75, 3.05) is 77.5 Å². The number of nitrogens with zero attached hydrogens (tertiary/aromatic N) is 4. The van der Waals surface area contributed by atoms with E-state index in [9.17, 15) is 18.0 Å². The number of hydrogen-bond donors (Lipinski definition) is 1. The number of aryl methyl sites for hydroxylation is 1. The number of anilines is 1. The van der Waals surface area contributed by atoms with Crippen molar-refractivity contribution in [1.29, 1.82) is 0 Å². The van der Waals surface area contributed by atoms with Gasteiger partial charge in [0, 0.05) is 95.5 Å². The first-order chi connectivity index (χ1) is 27.3. The maximum atomic E-state index is 13.7. The number of halogens is 1. The number of fused-ring (bicyclic) bond motifs is 3. The normalized spacial score (nSPS) is 31.5. The van der Waals surface area contributed by atoms with Crippen LogP contribution < -0.4 is 14.4 Å². The Labute approximate surface area is 345 Å². The summed E-state index contributed by atoms with van der Waals surface area (Å²) in [5, 5.41) is -0.0805. The van der Waals surface area contributed by atoms with Crippen molar-refractivity contribution in [3.63, 3.8) is 0 Å². The molecule has 5 aliphatic rings. The number of rotatable bonds is 7. The minimum Gasteiger partial charge on any atom is -0.491 e. The Morgan fingerprint density at radius 3 is 2.58 bits per heavy atom. The summed E-state index contributed by atoms with van der Waals surface area (Å²) in [7, 11) is -2.16. The molecule has 0 spiro atoms. The molecule has 2 aromatic carbocycles. The Morgan fingerprint density at radius 1 is 1.04 bits per heavy atom. The van der Waals surface area contributed by atoms with E-state index in [4.69, 9.17) is 21.1 Å². The second-order valence-corrected chi connectivity index (χ2v) is 19.8. The zero-order chi connectivity index (χ0) is 40.5. The molecule has 1 saturated carbocycles. The second-order valence-electron chi connectivity index (χ2n) is 17.3. The van der Waals surface area contributed by atoms with Crippen LogP contribution in [0.25, 0.3) is 0 Å². The summed E-state index contributed by atoms with van der Waals surface area (Å²) in [6, 6.07) is 11.8. The van der Waals surface area contributed by atoms with E-state index >= 15 is 0 Å². The molecule has 2 amide bonds. The summed E-state index contributed by atoms with van der Waals surface area (Å²) in [6.45, 7) is 15.2. The van der Waals surface area contributed by atoms with Gasteiger partial charge in [-0.25, -0.2) is 13.1 Å². The number of amides is 2. The largest absolute Gasteiger partial charge is 0.491 e. The zero-order valence-corrected chi connectivity index (χ0v) is 36.0. The molecular weight excluding hydrogens is 762 g/mol. The van der Waals surface area contributed by atoms with Crippen LogP contribution >= 0.6 is 11.6 Å². The van der Waals surface area contributed by atoms with Gasteiger partial charge in [-0.05, 0) is 98.2 Å². The summed E-state index contributed by atoms with van der Waals surface area (Å²) in [6.07, 6.45) is 9.99. The van der Waals surface area contributed by atoms with Crippen LogP contribution in [-0.4, -0.2) is 124 Å². The average Bonchev–Trinajstić information content (AvgIpc) is 3.36. The fraction of sp³-hybridized carbons (Fsp3) is 0.636. The fourth-order valence-corrected chi connectivity index (χ4v) is 11.4. The number of carbonyl (C=O) groups excluding carboxylic acids is 2. The number of sulfonamides is 1. The van der Waals surface area contributed by atoms with Crippen LogP contribution in [0.5, 0.6) is 5.75 Å². The monoisotopic (exact) mass is 823 g/mol. The van der Waals surface area contributed by atoms with Gasteiger partial charge in [-0.2, -0.15) is 0 Å². The van der Waals surface area contributed by atoms with Crippen molar-refractivity contribution in [3.05, 3.63) is 70.3 Å². The quantitative estimate of drug-likeness (QED) is 0.338. The van der Waals surface area contributed by atoms with Gasteiger partial charge in [-0.1, -0.05) is 50.1 Å². The highest BCUT2D eigenvalue weighted by atomic mass is 35.5. The number of benzene rings is 2. The van der Waals surface area contributed by atoms with Gasteiger partial charge < -0.3 is 19.3 Å². The molecule has 4 aliphatic heterocycles. The summed E-state index contributed by atoms with van der Waals surface area (Å²) in [4.78, 5) is 35.4. The van der Waals surface area contributed by atoms with Crippen LogP contribution in [0.15, 0.2) is 48.6 Å². The van der Waals surface area contributed by atoms with Gasteiger partial charge in [0.1, 0.15) is 11.4 Å². The van der Waals surface area contributed by atoms with Crippen molar-refractivity contribution in [2.45, 2.75) is 89.0 Å². The van der Waals surface area contributed by atoms with Gasteiger partial charge in [-0.3, -0.25) is 19.4 Å². The zero-order valence-electron chi connectivity index (χ0n) is 34.4. The number of carbonyl (C=O) groups is 2. The van der Waals surface area contributed by atoms with E-state index in [1.54, 1.807) is 19.9 Å². The molecule has 3 fully saturated rings. The number of nitrogens with one attached hydrogen (secondary N) is 1. The standard InChI is InChI=1S/C44H62ClN5O6S/c1-6-7-10-33-22-37(45)13-14-39(33)36-25-50-24-35-11-15-40(35)44(55-5,29-47-18-19-48-20-21-49(32(4)51)27-38(48)26-47)17-8-9-30(2)31(3)57(53,54)46-43(52)34-12-16-42(56-28-36)41(50)23-34/h8,12-14,16-17,22-23,30-31,35-36,38,40H,6-7,9-11,15,18-21,24-29H2,1-5H3,(H,46,52)/b17-8+/t30-,31+,35-,36-,38+,40+,44-/m0/s1. The smallest absolute Gasteiger partial charge is 0.264 e. The maximum absolute atomic E-state index is 13.7. The SMILES string of the molecule is CCCCc1cc(Cl)ccc1[C@@H]1COc2ccc3cc2N(C1)C[C@@H]1CC[C@H]1[C@](CN1CCN2CCN(C(C)=O)C[C@H]2C1)(OC)/C=C/C[C@H](C)[C@@H](C)S(=O)(=O)NC3=O. The van der Waals surface area contributed by atoms with Crippen LogP contribution in [-0.2, 0) is 26.0 Å². The molecule has 312 valence electrons. The Balaban J connectivity index is 1.25. The van der Waals surface area contributed by atoms with Crippen LogP contribution in [0.2, 0.25) is 5.02 Å². The van der Waals surface area contributed by atoms with Crippen molar-refractivity contribution in [3.8, 4) is 5.75 Å². The van der Waals surface area contributed by atoms with Gasteiger partial charge >= 0.3 is 0 Å². The summed E-state index contributed by atoms with van der Waals surface area (Å²) in [5.74, 6) is 0.459. The maximum Gasteiger partial charge on any atom is 0.264 e. The Bertz CT molecular complexity index is 1930. The molecule has 4 heterocycles. The molecule has 0 unspecified atom stereocenters. The van der Waals surface area contributed by atoms with Crippen LogP contribution in [0.1, 0.15) is 87.2 Å². The minimum atomic E-state index is -3.99. The molecule has 0 radical (unpaired) electrons. The number of ether oxygens (including phenoxy) is 2. The molecule has 1 aliphatic carbocycles. The van der Waals surface area contributed by atoms with E-state index in [-0.39, 0.29) is 41.2 Å². The first-order valence-electron chi connectivity index (χ1n) is 21.1. The lowest BCUT2D eigenvalue weighted by Crippen LogP contribution is -2.65. The minimum absolute atomic E-state index is 0.0408. The first-order valence-corrected chi connectivity index (χ1v) is 23.0. The fourth-order valence-electron chi connectivity index (χ4n) is 9.90. The van der Waals surface area contributed by atoms with Gasteiger partial charge in [0.05, 0.1) is 17.5 Å². The summed E-state index contributed by atoms with van der Waals surface area (Å²) < 4.78 is 43.0. The number of piperazine rings is 2. The van der Waals surface area contributed by atoms with Crippen molar-refractivity contribution in [2.24, 2.45) is 17.8 Å². The highest BCUT2D eigenvalue weighted by Crippen LogP contribution is 2.47. The predicted octanol–water partition coefficient (Wildman–Crippen LogP) is 5.97. The van der Waals surface area contributed by atoms with Crippen LogP contribution in [0.3, 0.4) is 0 Å². The molecule has 2 bridgehead atoms. The van der Waals surface area contributed by atoms with Crippen LogP contribution in [0, 0.1) is 17.8 Å². The van der Waals surface area contributed by atoms with Crippen molar-refractivity contribution < 1.29 is 27.5 Å². The molecule has 13 heteroatoms. The van der Waals surface area contributed by atoms with E-state index in [2.05, 4.69) is 50.6 Å². The highest BCUT2D eigenvalue weighted by Gasteiger charge is 2.49. The lowest BCUT2D eigenvalue weighted by molar-refractivity contribution is -0.134. The topological polar surface area (TPSA) is 112 Å². The number of hydrogen-bond acceptors (Lipinski definition) is 9. The first kappa shape index (κ1) is 42.0. The van der Waals surface area contributed by atoms with Crippen molar-refractivity contribution >= 4 is 39.1 Å². The third-order valence-electron chi connectivity index (χ3n) is 13.8. The second kappa shape index (κ2) is 17.6. The third kappa shape index (κ3) is 9.05. The number of methoxy groups -OCH3 is 1. The van der Waals surface area contributed by atoms with E-state index < -0.39 is 26.8 Å². The molecule has 1 N–H and O–H groups in total. The van der Waals surface area contributed by atoms with Gasteiger partial charge in [0.25, 0.3) is 5.91 Å². The molecule has 11 nitrogen and oxygen atoms in total. The lowest BCUT2D eigenvalue weighted by atomic mass is 9.63. The molecule has 7 rings (SSSR count). The van der Waals surface area contributed by atoms with E-state index in [0.29, 0.717) is 31.9 Å². The van der Waals surface area contributed by atoms with Gasteiger partial charge in [-0.15, -0.1) is 0 Å². The van der Waals surface area contributed by atoms with E-state index in [1.165, 1.54) is 11.1 Å². The predicted molar refractivity (Wildman–Crippen MR) is 226 cm³/mol. The number of allylic oxidation sites excluding steroid dienone is 1. The lowest BCUT2D eigenvalue weighted by Gasteiger charge is -2.53. The molecule has 57 heavy (non-hydrogen) atoms. The van der Waals surface area contributed by atoms with Crippen molar-refractivity contribution in [1.82, 2.24) is 19.4 Å². The molecule has 2 aromatic rings. The summed E-state index contributed by atoms with van der Waals surface area (Å²) in [5.41, 5.74) is 2.94.